The lowest BCUT2D eigenvalue weighted by Gasteiger charge is -2.11. The van der Waals surface area contributed by atoms with Crippen molar-refractivity contribution < 1.29 is 27.5 Å². The zero-order valence-corrected chi connectivity index (χ0v) is 10.9. The van der Waals surface area contributed by atoms with Gasteiger partial charge in [0.2, 0.25) is 0 Å². The molecular formula is C13H15ClF3NO3. The molecule has 1 heterocycles. The molecule has 1 aliphatic heterocycles. The average molecular weight is 326 g/mol. The van der Waals surface area contributed by atoms with E-state index in [4.69, 9.17) is 25.9 Å². The quantitative estimate of drug-likeness (QED) is 0.627. The van der Waals surface area contributed by atoms with Gasteiger partial charge in [-0.1, -0.05) is 36.3 Å². The maximum atomic E-state index is 12.9. The van der Waals surface area contributed by atoms with Crippen molar-refractivity contribution in [1.29, 1.82) is 0 Å². The number of ether oxygens (including phenoxy) is 2. The maximum Gasteiger partial charge on any atom is 0.437 e. The minimum atomic E-state index is -4.62. The summed E-state index contributed by atoms with van der Waals surface area (Å²) in [5.74, 6) is 0. The highest BCUT2D eigenvalue weighted by molar-refractivity contribution is 6.30. The van der Waals surface area contributed by atoms with Crippen molar-refractivity contribution in [2.24, 2.45) is 5.16 Å². The Morgan fingerprint density at radius 3 is 2.52 bits per heavy atom. The molecule has 1 aromatic carbocycles. The van der Waals surface area contributed by atoms with Crippen LogP contribution in [0.4, 0.5) is 13.2 Å². The van der Waals surface area contributed by atoms with Gasteiger partial charge < -0.3 is 14.3 Å². The van der Waals surface area contributed by atoms with Gasteiger partial charge in [-0.25, -0.2) is 0 Å². The molecule has 0 bridgehead atoms. The number of benzene rings is 1. The second-order valence-electron chi connectivity index (χ2n) is 4.02. The topological polar surface area (TPSA) is 40.0 Å². The predicted molar refractivity (Wildman–Crippen MR) is 72.4 cm³/mol. The minimum Gasteiger partial charge on any atom is -0.392 e. The maximum absolute atomic E-state index is 12.9. The second kappa shape index (κ2) is 7.63. The number of rotatable bonds is 4. The van der Waals surface area contributed by atoms with E-state index < -0.39 is 18.0 Å². The summed E-state index contributed by atoms with van der Waals surface area (Å²) in [6, 6.07) is 5.17. The van der Waals surface area contributed by atoms with Gasteiger partial charge in [0.1, 0.15) is 19.5 Å². The van der Waals surface area contributed by atoms with Crippen LogP contribution in [0.2, 0.25) is 5.02 Å². The van der Waals surface area contributed by atoms with E-state index in [1.54, 1.807) is 0 Å². The first-order chi connectivity index (χ1) is 9.47. The van der Waals surface area contributed by atoms with Crippen molar-refractivity contribution in [1.82, 2.24) is 0 Å². The van der Waals surface area contributed by atoms with E-state index in [0.717, 1.165) is 0 Å². The van der Waals surface area contributed by atoms with Crippen molar-refractivity contribution in [3.8, 4) is 0 Å². The minimum absolute atomic E-state index is 0. The van der Waals surface area contributed by atoms with Crippen molar-refractivity contribution in [2.45, 2.75) is 19.7 Å². The zero-order valence-electron chi connectivity index (χ0n) is 10.2. The van der Waals surface area contributed by atoms with E-state index in [1.807, 2.05) is 0 Å². The van der Waals surface area contributed by atoms with Gasteiger partial charge in [0, 0.05) is 10.6 Å². The van der Waals surface area contributed by atoms with Crippen molar-refractivity contribution in [3.05, 3.63) is 34.9 Å². The Labute approximate surface area is 125 Å². The first-order valence-corrected chi connectivity index (χ1v) is 6.07. The molecule has 0 N–H and O–H groups in total. The van der Waals surface area contributed by atoms with Gasteiger partial charge in [0.15, 0.2) is 5.71 Å². The van der Waals surface area contributed by atoms with Crippen LogP contribution in [0.3, 0.4) is 0 Å². The van der Waals surface area contributed by atoms with E-state index in [1.165, 1.54) is 24.3 Å². The van der Waals surface area contributed by atoms with Gasteiger partial charge in [0.25, 0.3) is 0 Å². The average Bonchev–Trinajstić information content (AvgIpc) is 2.88. The summed E-state index contributed by atoms with van der Waals surface area (Å²) < 4.78 is 48.6. The van der Waals surface area contributed by atoms with Crippen LogP contribution >= 0.6 is 11.6 Å². The summed E-state index contributed by atoms with van der Waals surface area (Å²) in [6.07, 6.45) is -5.03. The third-order valence-corrected chi connectivity index (χ3v) is 2.75. The van der Waals surface area contributed by atoms with E-state index >= 15 is 0 Å². The Morgan fingerprint density at radius 2 is 2.00 bits per heavy atom. The molecule has 1 aliphatic rings. The summed E-state index contributed by atoms with van der Waals surface area (Å²) >= 11 is 5.64. The fourth-order valence-electron chi connectivity index (χ4n) is 1.53. The normalized spacial score (nSPS) is 19.2. The summed E-state index contributed by atoms with van der Waals surface area (Å²) in [4.78, 5) is 4.72. The van der Waals surface area contributed by atoms with Crippen LogP contribution in [-0.2, 0) is 14.3 Å². The standard InChI is InChI=1S/C12H11ClF3NO3.CH4/c13-9-3-1-8(2-4-9)11(12(14,15)16)17-20-6-10-5-18-7-19-10;/h1-4,10H,5-7H2;1H4/b17-11-;. The molecule has 0 radical (unpaired) electrons. The van der Waals surface area contributed by atoms with Crippen LogP contribution in [-0.4, -0.2) is 38.0 Å². The van der Waals surface area contributed by atoms with Gasteiger partial charge in [-0.05, 0) is 12.1 Å². The lowest BCUT2D eigenvalue weighted by Crippen LogP contribution is -2.25. The third-order valence-electron chi connectivity index (χ3n) is 2.49. The summed E-state index contributed by atoms with van der Waals surface area (Å²) in [5.41, 5.74) is -1.24. The number of halogens is 4. The van der Waals surface area contributed by atoms with Gasteiger partial charge in [-0.2, -0.15) is 13.2 Å². The molecule has 1 fully saturated rings. The van der Waals surface area contributed by atoms with Gasteiger partial charge in [-0.15, -0.1) is 0 Å². The first-order valence-electron chi connectivity index (χ1n) is 5.69. The largest absolute Gasteiger partial charge is 0.437 e. The van der Waals surface area contributed by atoms with Crippen LogP contribution in [0.5, 0.6) is 0 Å². The number of oxime groups is 1. The Balaban J connectivity index is 0.00000220. The molecule has 0 spiro atoms. The molecule has 0 aromatic heterocycles. The van der Waals surface area contributed by atoms with Gasteiger partial charge >= 0.3 is 6.18 Å². The number of alkyl halides is 3. The summed E-state index contributed by atoms with van der Waals surface area (Å²) in [6.45, 7) is 0.284. The predicted octanol–water partition coefficient (Wildman–Crippen LogP) is 3.63. The molecule has 1 saturated heterocycles. The van der Waals surface area contributed by atoms with Crippen LogP contribution < -0.4 is 0 Å². The molecule has 0 amide bonds. The Morgan fingerprint density at radius 1 is 1.33 bits per heavy atom. The van der Waals surface area contributed by atoms with Gasteiger partial charge in [-0.3, -0.25) is 0 Å². The molecule has 0 aliphatic carbocycles. The van der Waals surface area contributed by atoms with Crippen molar-refractivity contribution >= 4 is 17.3 Å². The number of hydrogen-bond donors (Lipinski definition) is 0. The fraction of sp³-hybridized carbons (Fsp3) is 0.462. The third kappa shape index (κ3) is 5.18. The fourth-order valence-corrected chi connectivity index (χ4v) is 1.66. The first kappa shape index (κ1) is 17.7. The molecule has 1 aromatic rings. The highest BCUT2D eigenvalue weighted by Crippen LogP contribution is 2.24. The van der Waals surface area contributed by atoms with Crippen LogP contribution in [0.1, 0.15) is 13.0 Å². The molecule has 1 atom stereocenters. The van der Waals surface area contributed by atoms with Crippen LogP contribution in [0.15, 0.2) is 29.4 Å². The molecule has 0 saturated carbocycles. The molecule has 118 valence electrons. The smallest absolute Gasteiger partial charge is 0.392 e. The van der Waals surface area contributed by atoms with Crippen LogP contribution in [0.25, 0.3) is 0 Å². The molecule has 4 nitrogen and oxygen atoms in total. The van der Waals surface area contributed by atoms with E-state index in [9.17, 15) is 13.2 Å². The highest BCUT2D eigenvalue weighted by atomic mass is 35.5. The molecular weight excluding hydrogens is 311 g/mol. The monoisotopic (exact) mass is 325 g/mol. The van der Waals surface area contributed by atoms with Crippen molar-refractivity contribution in [2.75, 3.05) is 20.0 Å². The number of nitrogens with zero attached hydrogens (tertiary/aromatic N) is 1. The molecule has 2 rings (SSSR count). The van der Waals surface area contributed by atoms with E-state index in [-0.39, 0.29) is 33.0 Å². The molecule has 1 unspecified atom stereocenters. The number of hydrogen-bond acceptors (Lipinski definition) is 4. The molecule has 21 heavy (non-hydrogen) atoms. The lowest BCUT2D eigenvalue weighted by molar-refractivity contribution is -0.0631. The SMILES string of the molecule is C.FC(F)(F)/C(=N\OCC1COCO1)c1ccc(Cl)cc1. The molecule has 8 heteroatoms. The van der Waals surface area contributed by atoms with Crippen molar-refractivity contribution in [3.63, 3.8) is 0 Å². The van der Waals surface area contributed by atoms with E-state index in [2.05, 4.69) is 5.16 Å². The Hall–Kier alpha value is -1.31. The van der Waals surface area contributed by atoms with Crippen LogP contribution in [0, 0.1) is 0 Å². The van der Waals surface area contributed by atoms with E-state index in [0.29, 0.717) is 5.02 Å². The van der Waals surface area contributed by atoms with Gasteiger partial charge in [0.05, 0.1) is 6.61 Å². The summed E-state index contributed by atoms with van der Waals surface area (Å²) in [7, 11) is 0. The highest BCUT2D eigenvalue weighted by Gasteiger charge is 2.38. The second-order valence-corrected chi connectivity index (χ2v) is 4.45. The Kier molecular flexibility index (Phi) is 6.44. The lowest BCUT2D eigenvalue weighted by atomic mass is 10.1. The Bertz CT molecular complexity index is 471. The summed E-state index contributed by atoms with van der Waals surface area (Å²) in [5, 5.41) is 3.51. The zero-order chi connectivity index (χ0) is 14.6.